The first kappa shape index (κ1) is 9.50. The predicted molar refractivity (Wildman–Crippen MR) is 57.1 cm³/mol. The van der Waals surface area contributed by atoms with E-state index in [1.807, 2.05) is 12.1 Å². The molecule has 0 radical (unpaired) electrons. The highest BCUT2D eigenvalue weighted by molar-refractivity contribution is 9.10. The Morgan fingerprint density at radius 2 is 2.23 bits per heavy atom. The fraction of sp³-hybridized carbons (Fsp3) is 0.400. The first-order valence-electron chi connectivity index (χ1n) is 4.27. The fourth-order valence-electron chi connectivity index (χ4n) is 1.65. The largest absolute Gasteiger partial charge is 0.396 e. The summed E-state index contributed by atoms with van der Waals surface area (Å²) in [4.78, 5) is 0. The lowest BCUT2D eigenvalue weighted by atomic mass is 10.1. The molecule has 13 heavy (non-hydrogen) atoms. The van der Waals surface area contributed by atoms with E-state index in [0.717, 1.165) is 15.9 Å². The molecule has 0 saturated heterocycles. The van der Waals surface area contributed by atoms with Gasteiger partial charge in [0.25, 0.3) is 0 Å². The maximum absolute atomic E-state index is 8.93. The van der Waals surface area contributed by atoms with Gasteiger partial charge in [-0.15, -0.1) is 0 Å². The number of rotatable bonds is 2. The lowest BCUT2D eigenvalue weighted by Crippen LogP contribution is -1.88. The summed E-state index contributed by atoms with van der Waals surface area (Å²) in [6, 6.07) is 5.93. The zero-order valence-corrected chi connectivity index (χ0v) is 9.35. The van der Waals surface area contributed by atoms with E-state index in [1.54, 1.807) is 0 Å². The average molecular weight is 262 g/mol. The van der Waals surface area contributed by atoms with Gasteiger partial charge in [0.1, 0.15) is 0 Å². The van der Waals surface area contributed by atoms with Gasteiger partial charge in [0, 0.05) is 16.1 Å². The highest BCUT2D eigenvalue weighted by Crippen LogP contribution is 2.47. The molecule has 1 saturated carbocycles. The van der Waals surface area contributed by atoms with E-state index in [0.29, 0.717) is 11.8 Å². The second-order valence-corrected chi connectivity index (χ2v) is 4.84. The van der Waals surface area contributed by atoms with Crippen molar-refractivity contribution < 1.29 is 5.11 Å². The van der Waals surface area contributed by atoms with E-state index < -0.39 is 0 Å². The molecule has 3 heteroatoms. The molecule has 1 aliphatic carbocycles. The van der Waals surface area contributed by atoms with Gasteiger partial charge in [-0.25, -0.2) is 0 Å². The van der Waals surface area contributed by atoms with Gasteiger partial charge < -0.3 is 5.11 Å². The van der Waals surface area contributed by atoms with E-state index in [-0.39, 0.29) is 6.61 Å². The summed E-state index contributed by atoms with van der Waals surface area (Å²) in [6.45, 7) is 0.287. The Kier molecular flexibility index (Phi) is 2.63. The van der Waals surface area contributed by atoms with E-state index >= 15 is 0 Å². The lowest BCUT2D eigenvalue weighted by molar-refractivity contribution is 0.274. The number of benzene rings is 1. The van der Waals surface area contributed by atoms with E-state index in [9.17, 15) is 0 Å². The van der Waals surface area contributed by atoms with Crippen molar-refractivity contribution in [2.75, 3.05) is 6.61 Å². The molecule has 0 amide bonds. The summed E-state index contributed by atoms with van der Waals surface area (Å²) in [6.07, 6.45) is 1.09. The molecule has 70 valence electrons. The summed E-state index contributed by atoms with van der Waals surface area (Å²) in [5.74, 6) is 0.963. The maximum atomic E-state index is 8.93. The number of halogens is 2. The molecule has 1 aliphatic rings. The summed E-state index contributed by atoms with van der Waals surface area (Å²) >= 11 is 9.32. The van der Waals surface area contributed by atoms with Gasteiger partial charge in [-0.3, -0.25) is 0 Å². The highest BCUT2D eigenvalue weighted by Gasteiger charge is 2.37. The van der Waals surface area contributed by atoms with Crippen LogP contribution in [-0.4, -0.2) is 11.7 Å². The van der Waals surface area contributed by atoms with E-state index in [2.05, 4.69) is 22.0 Å². The van der Waals surface area contributed by atoms with Crippen LogP contribution >= 0.6 is 27.5 Å². The molecule has 0 aliphatic heterocycles. The van der Waals surface area contributed by atoms with Crippen LogP contribution < -0.4 is 0 Å². The molecule has 2 rings (SSSR count). The Bertz CT molecular complexity index is 306. The van der Waals surface area contributed by atoms with Crippen LogP contribution in [0.1, 0.15) is 17.9 Å². The minimum atomic E-state index is 0.287. The quantitative estimate of drug-likeness (QED) is 0.867. The first-order chi connectivity index (χ1) is 6.20. The summed E-state index contributed by atoms with van der Waals surface area (Å²) < 4.78 is 1.01. The number of aliphatic hydroxyl groups is 1. The minimum absolute atomic E-state index is 0.287. The topological polar surface area (TPSA) is 20.2 Å². The van der Waals surface area contributed by atoms with Crippen LogP contribution in [0.5, 0.6) is 0 Å². The second kappa shape index (κ2) is 3.60. The van der Waals surface area contributed by atoms with Crippen LogP contribution in [0.25, 0.3) is 0 Å². The molecule has 0 aromatic heterocycles. The Balaban J connectivity index is 2.22. The average Bonchev–Trinajstić information content (AvgIpc) is 2.80. The summed E-state index contributed by atoms with van der Waals surface area (Å²) in [5, 5.41) is 9.69. The molecule has 2 unspecified atom stereocenters. The third kappa shape index (κ3) is 2.06. The van der Waals surface area contributed by atoms with Gasteiger partial charge in [0.2, 0.25) is 0 Å². The molecule has 0 heterocycles. The van der Waals surface area contributed by atoms with Gasteiger partial charge >= 0.3 is 0 Å². The van der Waals surface area contributed by atoms with Crippen LogP contribution in [0.15, 0.2) is 22.7 Å². The van der Waals surface area contributed by atoms with Crippen molar-refractivity contribution in [3.63, 3.8) is 0 Å². The van der Waals surface area contributed by atoms with Gasteiger partial charge in [0.15, 0.2) is 0 Å². The molecule has 2 atom stereocenters. The van der Waals surface area contributed by atoms with Gasteiger partial charge in [-0.05, 0) is 42.0 Å². The van der Waals surface area contributed by atoms with Crippen LogP contribution in [0.4, 0.5) is 0 Å². The van der Waals surface area contributed by atoms with Gasteiger partial charge in [-0.1, -0.05) is 27.5 Å². The van der Waals surface area contributed by atoms with Crippen LogP contribution in [0.3, 0.4) is 0 Å². The Morgan fingerprint density at radius 3 is 2.77 bits per heavy atom. The molecule has 1 N–H and O–H groups in total. The molecule has 1 aromatic carbocycles. The minimum Gasteiger partial charge on any atom is -0.396 e. The van der Waals surface area contributed by atoms with Crippen LogP contribution in [0.2, 0.25) is 5.02 Å². The standard InChI is InChI=1S/C10H10BrClO/c11-8-1-6(2-9(12)4-8)10-3-7(10)5-13/h1-2,4,7,10,13H,3,5H2. The zero-order chi connectivity index (χ0) is 9.42. The van der Waals surface area contributed by atoms with Crippen molar-refractivity contribution >= 4 is 27.5 Å². The predicted octanol–water partition coefficient (Wildman–Crippen LogP) is 3.20. The number of hydrogen-bond donors (Lipinski definition) is 1. The van der Waals surface area contributed by atoms with Crippen molar-refractivity contribution in [2.45, 2.75) is 12.3 Å². The molecule has 1 fully saturated rings. The Morgan fingerprint density at radius 1 is 1.46 bits per heavy atom. The molecule has 0 spiro atoms. The van der Waals surface area contributed by atoms with Crippen LogP contribution in [0, 0.1) is 5.92 Å². The summed E-state index contributed by atoms with van der Waals surface area (Å²) in [5.41, 5.74) is 1.23. The molecule has 0 bridgehead atoms. The third-order valence-electron chi connectivity index (χ3n) is 2.47. The second-order valence-electron chi connectivity index (χ2n) is 3.49. The van der Waals surface area contributed by atoms with Crippen molar-refractivity contribution in [3.05, 3.63) is 33.3 Å². The number of hydrogen-bond acceptors (Lipinski definition) is 1. The molecule has 1 nitrogen and oxygen atoms in total. The van der Waals surface area contributed by atoms with E-state index in [4.69, 9.17) is 16.7 Å². The van der Waals surface area contributed by atoms with Gasteiger partial charge in [0.05, 0.1) is 0 Å². The lowest BCUT2D eigenvalue weighted by Gasteiger charge is -2.01. The fourth-order valence-corrected chi connectivity index (χ4v) is 2.53. The van der Waals surface area contributed by atoms with Crippen LogP contribution in [-0.2, 0) is 0 Å². The Hall–Kier alpha value is -0.0500. The Labute approximate surface area is 90.9 Å². The third-order valence-corrected chi connectivity index (χ3v) is 3.15. The van der Waals surface area contributed by atoms with Crippen molar-refractivity contribution in [1.82, 2.24) is 0 Å². The van der Waals surface area contributed by atoms with Crippen molar-refractivity contribution in [2.24, 2.45) is 5.92 Å². The highest BCUT2D eigenvalue weighted by atomic mass is 79.9. The normalized spacial score (nSPS) is 26.1. The molecular formula is C10H10BrClO. The summed E-state index contributed by atoms with van der Waals surface area (Å²) in [7, 11) is 0. The zero-order valence-electron chi connectivity index (χ0n) is 7.00. The van der Waals surface area contributed by atoms with Crippen molar-refractivity contribution in [3.8, 4) is 0 Å². The SMILES string of the molecule is OCC1CC1c1cc(Cl)cc(Br)c1. The molecule has 1 aromatic rings. The van der Waals surface area contributed by atoms with Crippen molar-refractivity contribution in [1.29, 1.82) is 0 Å². The first-order valence-corrected chi connectivity index (χ1v) is 5.44. The number of aliphatic hydroxyl groups excluding tert-OH is 1. The smallest absolute Gasteiger partial charge is 0.0465 e. The van der Waals surface area contributed by atoms with E-state index in [1.165, 1.54) is 5.56 Å². The van der Waals surface area contributed by atoms with Gasteiger partial charge in [-0.2, -0.15) is 0 Å². The maximum Gasteiger partial charge on any atom is 0.0465 e. The monoisotopic (exact) mass is 260 g/mol. The molecular weight excluding hydrogens is 251 g/mol.